The Morgan fingerprint density at radius 3 is 2.42 bits per heavy atom. The Morgan fingerprint density at radius 1 is 1.16 bits per heavy atom. The van der Waals surface area contributed by atoms with Crippen LogP contribution in [0.4, 0.5) is 5.69 Å². The molecule has 3 nitrogen and oxygen atoms in total. The number of anilines is 1. The molecule has 1 atom stereocenters. The molecule has 0 aliphatic carbocycles. The highest BCUT2D eigenvalue weighted by atomic mass is 16.3. The molecule has 0 aliphatic heterocycles. The van der Waals surface area contributed by atoms with Crippen molar-refractivity contribution in [1.29, 1.82) is 0 Å². The second-order valence-electron chi connectivity index (χ2n) is 4.89. The van der Waals surface area contributed by atoms with Crippen molar-refractivity contribution in [3.05, 3.63) is 59.4 Å². The Kier molecular flexibility index (Phi) is 4.17. The number of aliphatic hydroxyl groups is 1. The molecule has 2 rings (SSSR count). The van der Waals surface area contributed by atoms with Gasteiger partial charge in [-0.2, -0.15) is 0 Å². The fraction of sp³-hybridized carbons (Fsp3) is 0.312. The molecule has 1 unspecified atom stereocenters. The van der Waals surface area contributed by atoms with E-state index in [1.807, 2.05) is 56.4 Å². The van der Waals surface area contributed by atoms with Gasteiger partial charge in [-0.3, -0.25) is 4.98 Å². The molecule has 1 N–H and O–H groups in total. The van der Waals surface area contributed by atoms with Gasteiger partial charge in [0.2, 0.25) is 0 Å². The van der Waals surface area contributed by atoms with Crippen molar-refractivity contribution in [2.24, 2.45) is 0 Å². The van der Waals surface area contributed by atoms with Gasteiger partial charge >= 0.3 is 0 Å². The van der Waals surface area contributed by atoms with Crippen LogP contribution in [0.5, 0.6) is 0 Å². The van der Waals surface area contributed by atoms with Gasteiger partial charge in [0, 0.05) is 18.4 Å². The van der Waals surface area contributed by atoms with Crippen LogP contribution in [-0.4, -0.2) is 17.1 Å². The molecule has 1 aromatic heterocycles. The van der Waals surface area contributed by atoms with Gasteiger partial charge in [-0.05, 0) is 43.7 Å². The maximum absolute atomic E-state index is 9.50. The van der Waals surface area contributed by atoms with E-state index in [0.717, 1.165) is 29.2 Å². The number of hydrogen-bond acceptors (Lipinski definition) is 3. The van der Waals surface area contributed by atoms with Gasteiger partial charge in [-0.25, -0.2) is 0 Å². The van der Waals surface area contributed by atoms with Crippen LogP contribution in [0.2, 0.25) is 0 Å². The van der Waals surface area contributed by atoms with E-state index in [2.05, 4.69) is 9.88 Å². The number of aryl methyl sites for hydroxylation is 1. The number of nitrogens with zero attached hydrogens (tertiary/aromatic N) is 2. The van der Waals surface area contributed by atoms with E-state index in [1.54, 1.807) is 6.92 Å². The van der Waals surface area contributed by atoms with Crippen LogP contribution in [0.25, 0.3) is 0 Å². The van der Waals surface area contributed by atoms with E-state index in [4.69, 9.17) is 0 Å². The summed E-state index contributed by atoms with van der Waals surface area (Å²) in [4.78, 5) is 6.65. The van der Waals surface area contributed by atoms with Crippen LogP contribution < -0.4 is 4.90 Å². The Labute approximate surface area is 114 Å². The van der Waals surface area contributed by atoms with Crippen LogP contribution in [0.1, 0.15) is 30.0 Å². The lowest BCUT2D eigenvalue weighted by Gasteiger charge is -2.19. The van der Waals surface area contributed by atoms with Gasteiger partial charge in [0.15, 0.2) is 0 Å². The third-order valence-electron chi connectivity index (χ3n) is 3.16. The van der Waals surface area contributed by atoms with E-state index in [-0.39, 0.29) is 0 Å². The average Bonchev–Trinajstić information content (AvgIpc) is 2.39. The maximum Gasteiger partial charge on any atom is 0.0761 e. The topological polar surface area (TPSA) is 36.4 Å². The first-order valence-electron chi connectivity index (χ1n) is 6.48. The average molecular weight is 256 g/mol. The summed E-state index contributed by atoms with van der Waals surface area (Å²) in [5, 5.41) is 9.50. The van der Waals surface area contributed by atoms with E-state index in [9.17, 15) is 5.11 Å². The SMILES string of the molecule is Cc1cccc(CN(C)c2ccc(C(C)O)cc2)n1. The van der Waals surface area contributed by atoms with Crippen LogP contribution in [0.15, 0.2) is 42.5 Å². The summed E-state index contributed by atoms with van der Waals surface area (Å²) >= 11 is 0. The van der Waals surface area contributed by atoms with E-state index in [1.165, 1.54) is 0 Å². The monoisotopic (exact) mass is 256 g/mol. The van der Waals surface area contributed by atoms with Crippen LogP contribution in [0, 0.1) is 6.92 Å². The van der Waals surface area contributed by atoms with Gasteiger partial charge in [0.25, 0.3) is 0 Å². The molecule has 2 aromatic rings. The molecule has 0 spiro atoms. The molecule has 100 valence electrons. The number of benzene rings is 1. The van der Waals surface area contributed by atoms with Crippen LogP contribution in [0.3, 0.4) is 0 Å². The number of hydrogen-bond donors (Lipinski definition) is 1. The standard InChI is InChI=1S/C16H20N2O/c1-12-5-4-6-15(17-12)11-18(3)16-9-7-14(8-10-16)13(2)19/h4-10,13,19H,11H2,1-3H3. The van der Waals surface area contributed by atoms with Crippen molar-refractivity contribution in [1.82, 2.24) is 4.98 Å². The third-order valence-corrected chi connectivity index (χ3v) is 3.16. The Bertz CT molecular complexity index is 535. The summed E-state index contributed by atoms with van der Waals surface area (Å²) in [7, 11) is 2.04. The lowest BCUT2D eigenvalue weighted by molar-refractivity contribution is 0.199. The summed E-state index contributed by atoms with van der Waals surface area (Å²) in [6.07, 6.45) is -0.419. The molecule has 1 heterocycles. The van der Waals surface area contributed by atoms with Crippen molar-refractivity contribution in [2.45, 2.75) is 26.5 Å². The van der Waals surface area contributed by atoms with Gasteiger partial charge in [0.05, 0.1) is 18.3 Å². The van der Waals surface area contributed by atoms with Crippen LogP contribution >= 0.6 is 0 Å². The van der Waals surface area contributed by atoms with Crippen LogP contribution in [-0.2, 0) is 6.54 Å². The molecule has 0 saturated carbocycles. The second kappa shape index (κ2) is 5.85. The fourth-order valence-corrected chi connectivity index (χ4v) is 2.03. The fourth-order valence-electron chi connectivity index (χ4n) is 2.03. The molecule has 1 aromatic carbocycles. The first kappa shape index (κ1) is 13.6. The summed E-state index contributed by atoms with van der Waals surface area (Å²) in [5.74, 6) is 0. The summed E-state index contributed by atoms with van der Waals surface area (Å²) in [6.45, 7) is 4.55. The Morgan fingerprint density at radius 2 is 1.84 bits per heavy atom. The quantitative estimate of drug-likeness (QED) is 0.913. The molecule has 0 fully saturated rings. The first-order valence-corrected chi connectivity index (χ1v) is 6.48. The molecule has 0 bridgehead atoms. The highest BCUT2D eigenvalue weighted by molar-refractivity contribution is 5.47. The Hall–Kier alpha value is -1.87. The predicted octanol–water partition coefficient (Wildman–Crippen LogP) is 3.08. The predicted molar refractivity (Wildman–Crippen MR) is 78.2 cm³/mol. The smallest absolute Gasteiger partial charge is 0.0761 e. The number of aliphatic hydroxyl groups excluding tert-OH is 1. The molecule has 3 heteroatoms. The first-order chi connectivity index (χ1) is 9.06. The van der Waals surface area contributed by atoms with Crippen molar-refractivity contribution in [3.8, 4) is 0 Å². The lowest BCUT2D eigenvalue weighted by atomic mass is 10.1. The van der Waals surface area contributed by atoms with E-state index >= 15 is 0 Å². The zero-order valence-corrected chi connectivity index (χ0v) is 11.7. The minimum absolute atomic E-state index is 0.419. The highest BCUT2D eigenvalue weighted by Gasteiger charge is 2.05. The second-order valence-corrected chi connectivity index (χ2v) is 4.89. The van der Waals surface area contributed by atoms with Gasteiger partial charge in [0.1, 0.15) is 0 Å². The number of pyridine rings is 1. The summed E-state index contributed by atoms with van der Waals surface area (Å²) in [5.41, 5.74) is 4.15. The molecular weight excluding hydrogens is 236 g/mol. The minimum atomic E-state index is -0.419. The number of aromatic nitrogens is 1. The zero-order valence-electron chi connectivity index (χ0n) is 11.7. The van der Waals surface area contributed by atoms with Gasteiger partial charge in [-0.1, -0.05) is 18.2 Å². The van der Waals surface area contributed by atoms with Crippen molar-refractivity contribution >= 4 is 5.69 Å². The van der Waals surface area contributed by atoms with E-state index < -0.39 is 6.10 Å². The highest BCUT2D eigenvalue weighted by Crippen LogP contribution is 2.19. The Balaban J connectivity index is 2.09. The summed E-state index contributed by atoms with van der Waals surface area (Å²) in [6, 6.07) is 14.0. The molecule has 0 aliphatic rings. The largest absolute Gasteiger partial charge is 0.389 e. The molecule has 19 heavy (non-hydrogen) atoms. The van der Waals surface area contributed by atoms with Gasteiger partial charge < -0.3 is 10.0 Å². The number of rotatable bonds is 4. The normalized spacial score (nSPS) is 12.2. The molecular formula is C16H20N2O. The molecule has 0 radical (unpaired) electrons. The molecule has 0 amide bonds. The lowest BCUT2D eigenvalue weighted by Crippen LogP contribution is -2.17. The van der Waals surface area contributed by atoms with Crippen molar-refractivity contribution < 1.29 is 5.11 Å². The van der Waals surface area contributed by atoms with E-state index in [0.29, 0.717) is 0 Å². The van der Waals surface area contributed by atoms with Crippen molar-refractivity contribution in [3.63, 3.8) is 0 Å². The molecule has 0 saturated heterocycles. The maximum atomic E-state index is 9.50. The minimum Gasteiger partial charge on any atom is -0.389 e. The zero-order chi connectivity index (χ0) is 13.8. The van der Waals surface area contributed by atoms with Crippen molar-refractivity contribution in [2.75, 3.05) is 11.9 Å². The summed E-state index contributed by atoms with van der Waals surface area (Å²) < 4.78 is 0. The van der Waals surface area contributed by atoms with Gasteiger partial charge in [-0.15, -0.1) is 0 Å². The third kappa shape index (κ3) is 3.55.